The molecule has 3 aromatic heterocycles. The molecule has 0 aliphatic rings. The highest BCUT2D eigenvalue weighted by Crippen LogP contribution is 2.18. The average molecular weight is 378 g/mol. The zero-order chi connectivity index (χ0) is 19.3. The molecule has 0 spiro atoms. The number of H-pyrrole nitrogens is 2. The fraction of sp³-hybridized carbons (Fsp3) is 0.158. The SMILES string of the molecule is COc1ccc(CCc2nc(NC(=O)c3cc(-c4ccco4)[nH]n3)n[nH]2)cc1. The second kappa shape index (κ2) is 7.78. The first-order valence-corrected chi connectivity index (χ1v) is 8.66. The van der Waals surface area contributed by atoms with E-state index >= 15 is 0 Å². The molecule has 9 nitrogen and oxygen atoms in total. The zero-order valence-corrected chi connectivity index (χ0v) is 15.1. The van der Waals surface area contributed by atoms with Crippen molar-refractivity contribution in [2.45, 2.75) is 12.8 Å². The molecule has 9 heteroatoms. The smallest absolute Gasteiger partial charge is 0.278 e. The molecular weight excluding hydrogens is 360 g/mol. The van der Waals surface area contributed by atoms with Gasteiger partial charge < -0.3 is 9.15 Å². The third kappa shape index (κ3) is 3.93. The van der Waals surface area contributed by atoms with Crippen LogP contribution in [0.15, 0.2) is 53.1 Å². The normalized spacial score (nSPS) is 10.8. The summed E-state index contributed by atoms with van der Waals surface area (Å²) >= 11 is 0. The first-order valence-electron chi connectivity index (χ1n) is 8.66. The van der Waals surface area contributed by atoms with Gasteiger partial charge in [-0.15, -0.1) is 5.10 Å². The van der Waals surface area contributed by atoms with Gasteiger partial charge in [0, 0.05) is 12.5 Å². The Hall–Kier alpha value is -3.88. The van der Waals surface area contributed by atoms with Gasteiger partial charge in [0.15, 0.2) is 11.5 Å². The molecule has 0 bridgehead atoms. The molecule has 1 amide bonds. The summed E-state index contributed by atoms with van der Waals surface area (Å²) < 4.78 is 10.4. The minimum Gasteiger partial charge on any atom is -0.497 e. The Kier molecular flexibility index (Phi) is 4.87. The van der Waals surface area contributed by atoms with Crippen molar-refractivity contribution >= 4 is 11.9 Å². The lowest BCUT2D eigenvalue weighted by atomic mass is 10.1. The third-order valence-electron chi connectivity index (χ3n) is 4.16. The summed E-state index contributed by atoms with van der Waals surface area (Å²) in [6, 6.07) is 13.0. The quantitative estimate of drug-likeness (QED) is 0.455. The number of ether oxygens (including phenoxy) is 1. The molecule has 4 rings (SSSR count). The van der Waals surface area contributed by atoms with Crippen molar-refractivity contribution in [3.8, 4) is 17.2 Å². The Morgan fingerprint density at radius 1 is 1.14 bits per heavy atom. The molecule has 3 N–H and O–H groups in total. The van der Waals surface area contributed by atoms with Gasteiger partial charge in [-0.3, -0.25) is 20.3 Å². The molecule has 28 heavy (non-hydrogen) atoms. The average Bonchev–Trinajstić information content (AvgIpc) is 3.47. The van der Waals surface area contributed by atoms with Crippen LogP contribution >= 0.6 is 0 Å². The van der Waals surface area contributed by atoms with Gasteiger partial charge in [0.05, 0.1) is 13.4 Å². The van der Waals surface area contributed by atoms with E-state index in [2.05, 4.69) is 30.7 Å². The van der Waals surface area contributed by atoms with Crippen molar-refractivity contribution in [1.82, 2.24) is 25.4 Å². The zero-order valence-electron chi connectivity index (χ0n) is 15.1. The lowest BCUT2D eigenvalue weighted by molar-refractivity contribution is 0.102. The minimum absolute atomic E-state index is 0.206. The Bertz CT molecular complexity index is 1050. The van der Waals surface area contributed by atoms with Crippen LogP contribution in [0.5, 0.6) is 5.75 Å². The summed E-state index contributed by atoms with van der Waals surface area (Å²) in [5.74, 6) is 1.91. The molecule has 0 saturated carbocycles. The number of hydrogen-bond acceptors (Lipinski definition) is 6. The molecule has 1 aromatic carbocycles. The van der Waals surface area contributed by atoms with Gasteiger partial charge in [0.1, 0.15) is 17.3 Å². The Balaban J connectivity index is 1.34. The fourth-order valence-electron chi connectivity index (χ4n) is 2.68. The van der Waals surface area contributed by atoms with E-state index in [9.17, 15) is 4.79 Å². The molecule has 0 aliphatic carbocycles. The van der Waals surface area contributed by atoms with E-state index in [1.165, 1.54) is 0 Å². The van der Waals surface area contributed by atoms with Crippen LogP contribution in [0.25, 0.3) is 11.5 Å². The summed E-state index contributed by atoms with van der Waals surface area (Å²) in [6.45, 7) is 0. The predicted molar refractivity (Wildman–Crippen MR) is 101 cm³/mol. The van der Waals surface area contributed by atoms with E-state index in [4.69, 9.17) is 9.15 Å². The number of nitrogens with one attached hydrogen (secondary N) is 3. The van der Waals surface area contributed by atoms with Crippen LogP contribution in [0.2, 0.25) is 0 Å². The summed E-state index contributed by atoms with van der Waals surface area (Å²) in [7, 11) is 1.64. The van der Waals surface area contributed by atoms with Crippen LogP contribution in [0.1, 0.15) is 21.9 Å². The van der Waals surface area contributed by atoms with Gasteiger partial charge >= 0.3 is 0 Å². The van der Waals surface area contributed by atoms with Crippen molar-refractivity contribution in [2.24, 2.45) is 0 Å². The Labute approximate surface area is 160 Å². The standard InChI is InChI=1S/C19H18N6O3/c1-27-13-7-4-12(5-8-13)6-9-17-20-19(25-24-17)21-18(26)15-11-14(22-23-15)16-3-2-10-28-16/h2-5,7-8,10-11H,6,9H2,1H3,(H,22,23)(H2,20,21,24,25,26). The van der Waals surface area contributed by atoms with Gasteiger partial charge in [-0.2, -0.15) is 10.1 Å². The van der Waals surface area contributed by atoms with Crippen LogP contribution in [0.4, 0.5) is 5.95 Å². The van der Waals surface area contributed by atoms with Crippen molar-refractivity contribution in [2.75, 3.05) is 12.4 Å². The number of amides is 1. The number of aromatic amines is 2. The highest BCUT2D eigenvalue weighted by Gasteiger charge is 2.15. The van der Waals surface area contributed by atoms with Crippen LogP contribution in [0.3, 0.4) is 0 Å². The molecule has 0 radical (unpaired) electrons. The third-order valence-corrected chi connectivity index (χ3v) is 4.16. The maximum Gasteiger partial charge on any atom is 0.278 e. The van der Waals surface area contributed by atoms with Gasteiger partial charge in [-0.1, -0.05) is 12.1 Å². The summed E-state index contributed by atoms with van der Waals surface area (Å²) in [5.41, 5.74) is 1.99. The van der Waals surface area contributed by atoms with Crippen molar-refractivity contribution in [3.63, 3.8) is 0 Å². The lowest BCUT2D eigenvalue weighted by Gasteiger charge is -2.02. The number of carbonyl (C=O) groups excluding carboxylic acids is 1. The van der Waals surface area contributed by atoms with Crippen molar-refractivity contribution in [1.29, 1.82) is 0 Å². The van der Waals surface area contributed by atoms with Crippen molar-refractivity contribution < 1.29 is 13.9 Å². The second-order valence-corrected chi connectivity index (χ2v) is 6.05. The van der Waals surface area contributed by atoms with Gasteiger partial charge in [-0.05, 0) is 36.2 Å². The van der Waals surface area contributed by atoms with Gasteiger partial charge in [0.2, 0.25) is 5.95 Å². The Morgan fingerprint density at radius 2 is 2.00 bits per heavy atom. The number of furan rings is 1. The van der Waals surface area contributed by atoms with Crippen LogP contribution in [0, 0.1) is 0 Å². The molecule has 3 heterocycles. The molecule has 0 saturated heterocycles. The summed E-state index contributed by atoms with van der Waals surface area (Å²) in [4.78, 5) is 16.6. The lowest BCUT2D eigenvalue weighted by Crippen LogP contribution is -2.13. The van der Waals surface area contributed by atoms with Gasteiger partial charge in [-0.25, -0.2) is 0 Å². The molecular formula is C19H18N6O3. The summed E-state index contributed by atoms with van der Waals surface area (Å²) in [6.07, 6.45) is 3.01. The van der Waals surface area contributed by atoms with Crippen LogP contribution in [-0.2, 0) is 12.8 Å². The number of benzene rings is 1. The molecule has 0 atom stereocenters. The number of nitrogens with zero attached hydrogens (tertiary/aromatic N) is 3. The topological polar surface area (TPSA) is 122 Å². The highest BCUT2D eigenvalue weighted by molar-refractivity contribution is 6.02. The minimum atomic E-state index is -0.408. The van der Waals surface area contributed by atoms with Crippen LogP contribution in [-0.4, -0.2) is 38.4 Å². The highest BCUT2D eigenvalue weighted by atomic mass is 16.5. The first kappa shape index (κ1) is 17.5. The fourth-order valence-corrected chi connectivity index (χ4v) is 2.68. The first-order chi connectivity index (χ1) is 13.7. The molecule has 0 aliphatic heterocycles. The maximum atomic E-state index is 12.3. The molecule has 4 aromatic rings. The summed E-state index contributed by atoms with van der Waals surface area (Å²) in [5, 5.41) is 16.3. The monoisotopic (exact) mass is 378 g/mol. The van der Waals surface area contributed by atoms with E-state index in [1.807, 2.05) is 24.3 Å². The number of aromatic nitrogens is 5. The predicted octanol–water partition coefficient (Wildman–Crippen LogP) is 2.83. The molecule has 142 valence electrons. The number of carbonyl (C=O) groups is 1. The van der Waals surface area contributed by atoms with E-state index in [0.717, 1.165) is 17.7 Å². The van der Waals surface area contributed by atoms with Crippen LogP contribution < -0.4 is 10.1 Å². The number of rotatable bonds is 7. The number of anilines is 1. The number of hydrogen-bond donors (Lipinski definition) is 3. The van der Waals surface area contributed by atoms with E-state index in [-0.39, 0.29) is 11.6 Å². The molecule has 0 unspecified atom stereocenters. The number of methoxy groups -OCH3 is 1. The van der Waals surface area contributed by atoms with E-state index in [0.29, 0.717) is 23.7 Å². The largest absolute Gasteiger partial charge is 0.497 e. The Morgan fingerprint density at radius 3 is 2.75 bits per heavy atom. The van der Waals surface area contributed by atoms with E-state index in [1.54, 1.807) is 31.6 Å². The van der Waals surface area contributed by atoms with Crippen molar-refractivity contribution in [3.05, 3.63) is 65.8 Å². The maximum absolute atomic E-state index is 12.3. The number of aryl methyl sites for hydroxylation is 2. The second-order valence-electron chi connectivity index (χ2n) is 6.05. The van der Waals surface area contributed by atoms with Gasteiger partial charge in [0.25, 0.3) is 5.91 Å². The molecule has 0 fully saturated rings. The van der Waals surface area contributed by atoms with E-state index < -0.39 is 5.91 Å².